The van der Waals surface area contributed by atoms with Crippen molar-refractivity contribution in [3.05, 3.63) is 24.0 Å². The van der Waals surface area contributed by atoms with Crippen molar-refractivity contribution >= 4 is 0 Å². The van der Waals surface area contributed by atoms with Gasteiger partial charge in [0, 0.05) is 26.0 Å². The molecule has 0 amide bonds. The Bertz CT molecular complexity index is 279. The SMILES string of the molecule is CCNC(c1ccnnc1)C(C)CCOC. The molecule has 0 aliphatic heterocycles. The monoisotopic (exact) mass is 223 g/mol. The number of ether oxygens (including phenoxy) is 1. The Labute approximate surface area is 97.4 Å². The molecule has 0 aromatic carbocycles. The third kappa shape index (κ3) is 3.87. The van der Waals surface area contributed by atoms with Crippen LogP contribution in [-0.4, -0.2) is 30.5 Å². The van der Waals surface area contributed by atoms with Crippen molar-refractivity contribution in [3.8, 4) is 0 Å². The Morgan fingerprint density at radius 2 is 2.25 bits per heavy atom. The van der Waals surface area contributed by atoms with Crippen molar-refractivity contribution in [2.45, 2.75) is 26.3 Å². The molecule has 0 spiro atoms. The fourth-order valence-electron chi connectivity index (χ4n) is 1.82. The zero-order valence-corrected chi connectivity index (χ0v) is 10.3. The topological polar surface area (TPSA) is 47.0 Å². The Balaban J connectivity index is 2.66. The van der Waals surface area contributed by atoms with Gasteiger partial charge in [-0.2, -0.15) is 10.2 Å². The normalized spacial score (nSPS) is 14.7. The van der Waals surface area contributed by atoms with E-state index in [1.54, 1.807) is 13.3 Å². The maximum atomic E-state index is 5.12. The van der Waals surface area contributed by atoms with E-state index in [0.29, 0.717) is 12.0 Å². The standard InChI is InChI=1S/C12H21N3O/c1-4-13-12(10(2)6-8-16-3)11-5-7-14-15-9-11/h5,7,9-10,12-13H,4,6,8H2,1-3H3. The summed E-state index contributed by atoms with van der Waals surface area (Å²) in [5, 5.41) is 11.2. The van der Waals surface area contributed by atoms with Gasteiger partial charge in [0.2, 0.25) is 0 Å². The van der Waals surface area contributed by atoms with Crippen molar-refractivity contribution in [2.75, 3.05) is 20.3 Å². The number of hydrogen-bond acceptors (Lipinski definition) is 4. The molecule has 0 aliphatic carbocycles. The highest BCUT2D eigenvalue weighted by atomic mass is 16.5. The third-order valence-corrected chi connectivity index (χ3v) is 2.74. The van der Waals surface area contributed by atoms with Gasteiger partial charge < -0.3 is 10.1 Å². The molecule has 0 bridgehead atoms. The van der Waals surface area contributed by atoms with Crippen LogP contribution in [0.25, 0.3) is 0 Å². The second-order valence-electron chi connectivity index (χ2n) is 3.97. The highest BCUT2D eigenvalue weighted by Gasteiger charge is 2.18. The van der Waals surface area contributed by atoms with Crippen LogP contribution < -0.4 is 5.32 Å². The molecule has 1 rings (SSSR count). The second-order valence-corrected chi connectivity index (χ2v) is 3.97. The summed E-state index contributed by atoms with van der Waals surface area (Å²) in [5.74, 6) is 0.518. The van der Waals surface area contributed by atoms with Crippen LogP contribution in [-0.2, 0) is 4.74 Å². The minimum absolute atomic E-state index is 0.329. The van der Waals surface area contributed by atoms with E-state index in [2.05, 4.69) is 29.4 Å². The number of methoxy groups -OCH3 is 1. The third-order valence-electron chi connectivity index (χ3n) is 2.74. The molecular weight excluding hydrogens is 202 g/mol. The molecule has 0 fully saturated rings. The summed E-state index contributed by atoms with van der Waals surface area (Å²) in [6.45, 7) is 6.09. The predicted octanol–water partition coefficient (Wildman–Crippen LogP) is 1.80. The maximum Gasteiger partial charge on any atom is 0.0544 e. The van der Waals surface area contributed by atoms with Crippen LogP contribution in [0.5, 0.6) is 0 Å². The predicted molar refractivity (Wildman–Crippen MR) is 64.1 cm³/mol. The average Bonchev–Trinajstić information content (AvgIpc) is 2.34. The van der Waals surface area contributed by atoms with Gasteiger partial charge in [0.1, 0.15) is 0 Å². The van der Waals surface area contributed by atoms with Crippen molar-refractivity contribution in [1.29, 1.82) is 0 Å². The van der Waals surface area contributed by atoms with Crippen LogP contribution >= 0.6 is 0 Å². The number of rotatable bonds is 7. The molecule has 1 aromatic rings. The van der Waals surface area contributed by atoms with E-state index in [1.165, 1.54) is 5.56 Å². The summed E-state index contributed by atoms with van der Waals surface area (Å²) in [4.78, 5) is 0. The first kappa shape index (κ1) is 13.1. The van der Waals surface area contributed by atoms with E-state index >= 15 is 0 Å². The lowest BCUT2D eigenvalue weighted by Crippen LogP contribution is -2.27. The molecule has 4 nitrogen and oxygen atoms in total. The fraction of sp³-hybridized carbons (Fsp3) is 0.667. The van der Waals surface area contributed by atoms with Gasteiger partial charge in [0.15, 0.2) is 0 Å². The number of nitrogens with one attached hydrogen (secondary N) is 1. The molecule has 0 saturated heterocycles. The summed E-state index contributed by atoms with van der Waals surface area (Å²) in [5.41, 5.74) is 1.19. The van der Waals surface area contributed by atoms with Crippen molar-refractivity contribution < 1.29 is 4.74 Å². The molecule has 1 aromatic heterocycles. The molecule has 0 radical (unpaired) electrons. The number of nitrogens with zero attached hydrogens (tertiary/aromatic N) is 2. The largest absolute Gasteiger partial charge is 0.385 e. The lowest BCUT2D eigenvalue weighted by atomic mass is 9.93. The van der Waals surface area contributed by atoms with Gasteiger partial charge in [-0.05, 0) is 30.5 Å². The summed E-state index contributed by atoms with van der Waals surface area (Å²) in [6.07, 6.45) is 4.61. The van der Waals surface area contributed by atoms with E-state index < -0.39 is 0 Å². The summed E-state index contributed by atoms with van der Waals surface area (Å²) < 4.78 is 5.12. The number of hydrogen-bond donors (Lipinski definition) is 1. The van der Waals surface area contributed by atoms with Gasteiger partial charge in [0.05, 0.1) is 6.20 Å². The highest BCUT2D eigenvalue weighted by Crippen LogP contribution is 2.23. The van der Waals surface area contributed by atoms with E-state index in [-0.39, 0.29) is 0 Å². The highest BCUT2D eigenvalue weighted by molar-refractivity contribution is 5.12. The van der Waals surface area contributed by atoms with Gasteiger partial charge in [0.25, 0.3) is 0 Å². The molecule has 4 heteroatoms. The van der Waals surface area contributed by atoms with Gasteiger partial charge in [-0.1, -0.05) is 13.8 Å². The number of aromatic nitrogens is 2. The fourth-order valence-corrected chi connectivity index (χ4v) is 1.82. The van der Waals surface area contributed by atoms with E-state index in [4.69, 9.17) is 4.74 Å². The first-order valence-electron chi connectivity index (χ1n) is 5.78. The van der Waals surface area contributed by atoms with E-state index in [9.17, 15) is 0 Å². The summed E-state index contributed by atoms with van der Waals surface area (Å²) in [6, 6.07) is 2.35. The van der Waals surface area contributed by atoms with E-state index in [1.807, 2.05) is 12.3 Å². The van der Waals surface area contributed by atoms with Crippen LogP contribution in [0.1, 0.15) is 31.9 Å². The smallest absolute Gasteiger partial charge is 0.0544 e. The van der Waals surface area contributed by atoms with Crippen molar-refractivity contribution in [1.82, 2.24) is 15.5 Å². The molecular formula is C12H21N3O. The van der Waals surface area contributed by atoms with E-state index in [0.717, 1.165) is 19.6 Å². The van der Waals surface area contributed by atoms with Crippen LogP contribution in [0, 0.1) is 5.92 Å². The molecule has 1 heterocycles. The van der Waals surface area contributed by atoms with Crippen LogP contribution in [0.2, 0.25) is 0 Å². The molecule has 2 unspecified atom stereocenters. The van der Waals surface area contributed by atoms with Gasteiger partial charge in [-0.3, -0.25) is 0 Å². The molecule has 0 saturated carbocycles. The molecule has 2 atom stereocenters. The Hall–Kier alpha value is -1.00. The Morgan fingerprint density at radius 3 is 2.81 bits per heavy atom. The Kier molecular flexibility index (Phi) is 5.96. The van der Waals surface area contributed by atoms with Gasteiger partial charge in [-0.25, -0.2) is 0 Å². The molecule has 0 aliphatic rings. The Morgan fingerprint density at radius 1 is 1.44 bits per heavy atom. The lowest BCUT2D eigenvalue weighted by molar-refractivity contribution is 0.170. The maximum absolute atomic E-state index is 5.12. The minimum atomic E-state index is 0.329. The lowest BCUT2D eigenvalue weighted by Gasteiger charge is -2.24. The summed E-state index contributed by atoms with van der Waals surface area (Å²) in [7, 11) is 1.74. The summed E-state index contributed by atoms with van der Waals surface area (Å²) >= 11 is 0. The first-order chi connectivity index (χ1) is 7.79. The van der Waals surface area contributed by atoms with Gasteiger partial charge in [-0.15, -0.1) is 0 Å². The van der Waals surface area contributed by atoms with Crippen LogP contribution in [0.4, 0.5) is 0 Å². The first-order valence-corrected chi connectivity index (χ1v) is 5.78. The van der Waals surface area contributed by atoms with Gasteiger partial charge >= 0.3 is 0 Å². The minimum Gasteiger partial charge on any atom is -0.385 e. The quantitative estimate of drug-likeness (QED) is 0.765. The van der Waals surface area contributed by atoms with Crippen molar-refractivity contribution in [2.24, 2.45) is 5.92 Å². The zero-order valence-electron chi connectivity index (χ0n) is 10.3. The second kappa shape index (κ2) is 7.30. The molecule has 16 heavy (non-hydrogen) atoms. The van der Waals surface area contributed by atoms with Crippen molar-refractivity contribution in [3.63, 3.8) is 0 Å². The van der Waals surface area contributed by atoms with Crippen LogP contribution in [0.15, 0.2) is 18.5 Å². The van der Waals surface area contributed by atoms with Crippen LogP contribution in [0.3, 0.4) is 0 Å². The molecule has 1 N–H and O–H groups in total. The zero-order chi connectivity index (χ0) is 11.8. The average molecular weight is 223 g/mol. The molecule has 90 valence electrons.